The van der Waals surface area contributed by atoms with Crippen molar-refractivity contribution in [2.75, 3.05) is 23.7 Å². The summed E-state index contributed by atoms with van der Waals surface area (Å²) in [5.41, 5.74) is 1.99. The fourth-order valence-electron chi connectivity index (χ4n) is 3.53. The summed E-state index contributed by atoms with van der Waals surface area (Å²) < 4.78 is 39.4. The lowest BCUT2D eigenvalue weighted by atomic mass is 10.1. The SMILES string of the molecule is CC[C@H](C(=O)NCC(C)C)N(Cc1ccccc1C)C(=O)CN(c1ccc(F)cc1)S(C)(=O)=O. The number of sulfonamides is 1. The zero-order valence-electron chi connectivity index (χ0n) is 20.4. The predicted octanol–water partition coefficient (Wildman–Crippen LogP) is 3.48. The molecule has 0 saturated heterocycles. The Morgan fingerprint density at radius 3 is 2.21 bits per heavy atom. The summed E-state index contributed by atoms with van der Waals surface area (Å²) in [5, 5.41) is 2.88. The average Bonchev–Trinajstić information content (AvgIpc) is 2.77. The van der Waals surface area contributed by atoms with E-state index >= 15 is 0 Å². The maximum Gasteiger partial charge on any atom is 0.244 e. The first kappa shape index (κ1) is 27.3. The summed E-state index contributed by atoms with van der Waals surface area (Å²) in [6, 6.07) is 11.6. The van der Waals surface area contributed by atoms with Crippen LogP contribution in [-0.4, -0.2) is 50.5 Å². The van der Waals surface area contributed by atoms with Gasteiger partial charge in [-0.1, -0.05) is 45.0 Å². The first-order valence-electron chi connectivity index (χ1n) is 11.3. The molecule has 2 aromatic carbocycles. The number of rotatable bonds is 11. The van der Waals surface area contributed by atoms with Gasteiger partial charge in [0.1, 0.15) is 18.4 Å². The molecule has 7 nitrogen and oxygen atoms in total. The van der Waals surface area contributed by atoms with Gasteiger partial charge in [-0.3, -0.25) is 13.9 Å². The number of nitrogens with zero attached hydrogens (tertiary/aromatic N) is 2. The van der Waals surface area contributed by atoms with Crippen molar-refractivity contribution in [2.45, 2.75) is 46.7 Å². The van der Waals surface area contributed by atoms with Crippen molar-refractivity contribution in [3.05, 3.63) is 65.5 Å². The number of carbonyl (C=O) groups excluding carboxylic acids is 2. The Kier molecular flexibility index (Phi) is 9.61. The number of benzene rings is 2. The van der Waals surface area contributed by atoms with Crippen LogP contribution in [0, 0.1) is 18.7 Å². The summed E-state index contributed by atoms with van der Waals surface area (Å²) in [6.07, 6.45) is 1.35. The van der Waals surface area contributed by atoms with Crippen molar-refractivity contribution in [1.82, 2.24) is 10.2 Å². The van der Waals surface area contributed by atoms with E-state index in [0.29, 0.717) is 13.0 Å². The van der Waals surface area contributed by atoms with Crippen LogP contribution in [0.3, 0.4) is 0 Å². The summed E-state index contributed by atoms with van der Waals surface area (Å²) in [4.78, 5) is 28.0. The molecule has 0 aliphatic carbocycles. The van der Waals surface area contributed by atoms with Crippen LogP contribution in [0.4, 0.5) is 10.1 Å². The van der Waals surface area contributed by atoms with Gasteiger partial charge >= 0.3 is 0 Å². The lowest BCUT2D eigenvalue weighted by Gasteiger charge is -2.33. The number of halogens is 1. The van der Waals surface area contributed by atoms with E-state index in [9.17, 15) is 22.4 Å². The number of carbonyl (C=O) groups is 2. The average molecular weight is 492 g/mol. The molecular formula is C25H34FN3O4S. The lowest BCUT2D eigenvalue weighted by Crippen LogP contribution is -2.52. The van der Waals surface area contributed by atoms with Gasteiger partial charge in [-0.15, -0.1) is 0 Å². The van der Waals surface area contributed by atoms with E-state index in [4.69, 9.17) is 0 Å². The number of nitrogens with one attached hydrogen (secondary N) is 1. The van der Waals surface area contributed by atoms with Crippen LogP contribution in [0.25, 0.3) is 0 Å². The second kappa shape index (κ2) is 12.0. The second-order valence-electron chi connectivity index (χ2n) is 8.76. The third-order valence-electron chi connectivity index (χ3n) is 5.47. The maximum atomic E-state index is 13.6. The van der Waals surface area contributed by atoms with E-state index in [0.717, 1.165) is 33.8 Å². The molecule has 0 unspecified atom stereocenters. The molecule has 0 aliphatic rings. The molecule has 9 heteroatoms. The van der Waals surface area contributed by atoms with Crippen LogP contribution in [0.2, 0.25) is 0 Å². The quantitative estimate of drug-likeness (QED) is 0.521. The molecule has 0 saturated carbocycles. The Morgan fingerprint density at radius 1 is 1.06 bits per heavy atom. The molecule has 0 spiro atoms. The highest BCUT2D eigenvalue weighted by Crippen LogP contribution is 2.21. The summed E-state index contributed by atoms with van der Waals surface area (Å²) in [5.74, 6) is -1.09. The van der Waals surface area contributed by atoms with Gasteiger partial charge in [0, 0.05) is 13.1 Å². The van der Waals surface area contributed by atoms with Gasteiger partial charge < -0.3 is 10.2 Å². The standard InChI is InChI=1S/C25H34FN3O4S/c1-6-23(25(31)27-15-18(2)3)28(16-20-10-8-7-9-19(20)4)24(30)17-29(34(5,32)33)22-13-11-21(26)12-14-22/h7-14,18,23H,6,15-17H2,1-5H3,(H,27,31)/t23-/m1/s1. The van der Waals surface area contributed by atoms with Crippen LogP contribution in [-0.2, 0) is 26.2 Å². The van der Waals surface area contributed by atoms with Crippen LogP contribution < -0.4 is 9.62 Å². The number of hydrogen-bond donors (Lipinski definition) is 1. The molecule has 0 radical (unpaired) electrons. The maximum absolute atomic E-state index is 13.6. The van der Waals surface area contributed by atoms with Crippen molar-refractivity contribution in [3.8, 4) is 0 Å². The molecule has 0 aromatic heterocycles. The minimum atomic E-state index is -3.85. The monoisotopic (exact) mass is 491 g/mol. The van der Waals surface area contributed by atoms with Crippen molar-refractivity contribution in [2.24, 2.45) is 5.92 Å². The van der Waals surface area contributed by atoms with E-state index in [2.05, 4.69) is 5.32 Å². The molecule has 2 rings (SSSR count). The van der Waals surface area contributed by atoms with Gasteiger partial charge in [0.15, 0.2) is 0 Å². The first-order chi connectivity index (χ1) is 15.9. The van der Waals surface area contributed by atoms with Gasteiger partial charge in [-0.2, -0.15) is 0 Å². The smallest absolute Gasteiger partial charge is 0.244 e. The van der Waals surface area contributed by atoms with Gasteiger partial charge in [0.25, 0.3) is 0 Å². The van der Waals surface area contributed by atoms with Gasteiger partial charge in [-0.25, -0.2) is 12.8 Å². The van der Waals surface area contributed by atoms with E-state index in [1.54, 1.807) is 0 Å². The minimum absolute atomic E-state index is 0.153. The van der Waals surface area contributed by atoms with Crippen LogP contribution in [0.15, 0.2) is 48.5 Å². The van der Waals surface area contributed by atoms with Crippen LogP contribution in [0.5, 0.6) is 0 Å². The molecule has 1 atom stereocenters. The fourth-order valence-corrected chi connectivity index (χ4v) is 4.38. The fraction of sp³-hybridized carbons (Fsp3) is 0.440. The summed E-state index contributed by atoms with van der Waals surface area (Å²) in [7, 11) is -3.85. The Balaban J connectivity index is 2.42. The van der Waals surface area contributed by atoms with Crippen LogP contribution in [0.1, 0.15) is 38.3 Å². The molecule has 0 fully saturated rings. The van der Waals surface area contributed by atoms with Crippen molar-refractivity contribution < 1.29 is 22.4 Å². The van der Waals surface area contributed by atoms with Crippen molar-refractivity contribution in [1.29, 1.82) is 0 Å². The zero-order chi connectivity index (χ0) is 25.5. The molecule has 0 heterocycles. The Bertz CT molecular complexity index is 1090. The molecule has 186 valence electrons. The molecule has 0 aliphatic heterocycles. The Labute approximate surface area is 202 Å². The molecule has 2 amide bonds. The number of anilines is 1. The highest BCUT2D eigenvalue weighted by Gasteiger charge is 2.32. The van der Waals surface area contributed by atoms with E-state index in [1.807, 2.05) is 52.0 Å². The molecular weight excluding hydrogens is 457 g/mol. The minimum Gasteiger partial charge on any atom is -0.354 e. The first-order valence-corrected chi connectivity index (χ1v) is 13.1. The zero-order valence-corrected chi connectivity index (χ0v) is 21.2. The topological polar surface area (TPSA) is 86.8 Å². The van der Waals surface area contributed by atoms with Gasteiger partial charge in [0.2, 0.25) is 21.8 Å². The third kappa shape index (κ3) is 7.55. The van der Waals surface area contributed by atoms with Crippen molar-refractivity contribution >= 4 is 27.5 Å². The highest BCUT2D eigenvalue weighted by atomic mass is 32.2. The molecule has 1 N–H and O–H groups in total. The van der Waals surface area contributed by atoms with E-state index < -0.39 is 34.3 Å². The lowest BCUT2D eigenvalue weighted by molar-refractivity contribution is -0.140. The van der Waals surface area contributed by atoms with Crippen LogP contribution >= 0.6 is 0 Å². The van der Waals surface area contributed by atoms with Crippen molar-refractivity contribution in [3.63, 3.8) is 0 Å². The second-order valence-corrected chi connectivity index (χ2v) is 10.7. The normalized spacial score (nSPS) is 12.3. The Hall–Kier alpha value is -2.94. The summed E-state index contributed by atoms with van der Waals surface area (Å²) >= 11 is 0. The Morgan fingerprint density at radius 2 is 1.68 bits per heavy atom. The number of aryl methyl sites for hydroxylation is 1. The number of amides is 2. The molecule has 2 aromatic rings. The third-order valence-corrected chi connectivity index (χ3v) is 6.61. The van der Waals surface area contributed by atoms with E-state index in [1.165, 1.54) is 17.0 Å². The summed E-state index contributed by atoms with van der Waals surface area (Å²) in [6.45, 7) is 7.79. The predicted molar refractivity (Wildman–Crippen MR) is 132 cm³/mol. The van der Waals surface area contributed by atoms with E-state index in [-0.39, 0.29) is 24.1 Å². The van der Waals surface area contributed by atoms with Gasteiger partial charge in [-0.05, 0) is 54.7 Å². The largest absolute Gasteiger partial charge is 0.354 e. The molecule has 0 bridgehead atoms. The number of hydrogen-bond acceptors (Lipinski definition) is 4. The molecule has 34 heavy (non-hydrogen) atoms. The highest BCUT2D eigenvalue weighted by molar-refractivity contribution is 7.92. The van der Waals surface area contributed by atoms with Gasteiger partial charge in [0.05, 0.1) is 11.9 Å².